The van der Waals surface area contributed by atoms with Crippen LogP contribution in [0.25, 0.3) is 135 Å². The normalized spacial score (nSPS) is 12.6. The van der Waals surface area contributed by atoms with Crippen molar-refractivity contribution < 1.29 is 14.2 Å². The van der Waals surface area contributed by atoms with Crippen LogP contribution in [0.1, 0.15) is 0 Å². The van der Waals surface area contributed by atoms with Crippen molar-refractivity contribution in [3.8, 4) is 40.2 Å². The molecular weight excluding hydrogens is 1640 g/mol. The summed E-state index contributed by atoms with van der Waals surface area (Å²) in [5.41, 5.74) is 17.1. The van der Waals surface area contributed by atoms with Gasteiger partial charge in [0.2, 0.25) is 0 Å². The molecule has 133 heavy (non-hydrogen) atoms. The second kappa shape index (κ2) is 31.8. The number of aromatic nitrogens is 1. The molecule has 29 rings (SSSR count). The van der Waals surface area contributed by atoms with Gasteiger partial charge in [0.1, 0.15) is 0 Å². The first-order valence-corrected chi connectivity index (χ1v) is 46.0. The first-order chi connectivity index (χ1) is 66.0. The van der Waals surface area contributed by atoms with Crippen LogP contribution in [0.15, 0.2) is 489 Å². The summed E-state index contributed by atoms with van der Waals surface area (Å²) in [5.74, 6) is 5.34. The molecule has 0 N–H and O–H groups in total. The fraction of sp³-hybridized carbons (Fsp3) is 0. The lowest BCUT2D eigenvalue weighted by molar-refractivity contribution is 0.483. The fourth-order valence-electron chi connectivity index (χ4n) is 20.5. The van der Waals surface area contributed by atoms with E-state index in [1.165, 1.54) is 146 Å². The molecule has 0 saturated carbocycles. The molecule has 0 saturated heterocycles. The molecule has 0 fully saturated rings. The second-order valence-corrected chi connectivity index (χ2v) is 35.1. The molecule has 0 spiro atoms. The predicted molar refractivity (Wildman–Crippen MR) is 558 cm³/mol. The zero-order valence-corrected chi connectivity index (χ0v) is 72.8. The summed E-state index contributed by atoms with van der Waals surface area (Å²) in [6.07, 6.45) is 0. The molecule has 9 heteroatoms. The van der Waals surface area contributed by atoms with Gasteiger partial charge in [-0.3, -0.25) is 0 Å². The third-order valence-corrected chi connectivity index (χ3v) is 27.7. The van der Waals surface area contributed by atoms with Gasteiger partial charge in [0.05, 0.1) is 62.2 Å². The number of hydrogen-bond acceptors (Lipinski definition) is 8. The van der Waals surface area contributed by atoms with Gasteiger partial charge in [-0.05, 0) is 180 Å². The van der Waals surface area contributed by atoms with Crippen LogP contribution < -0.4 is 33.8 Å². The van der Waals surface area contributed by atoms with E-state index in [0.29, 0.717) is 0 Å². The summed E-state index contributed by atoms with van der Waals surface area (Å²) in [5, 5.41) is 26.5. The highest BCUT2D eigenvalue weighted by molar-refractivity contribution is 8.00. The van der Waals surface area contributed by atoms with Gasteiger partial charge in [0.25, 0.3) is 0 Å². The van der Waals surface area contributed by atoms with Gasteiger partial charge in [-0.2, -0.15) is 0 Å². The van der Waals surface area contributed by atoms with Crippen molar-refractivity contribution in [3.05, 3.63) is 479 Å². The highest BCUT2D eigenvalue weighted by Crippen LogP contribution is 2.61. The largest absolute Gasteiger partial charge is 0.452 e. The van der Waals surface area contributed by atoms with Crippen LogP contribution in [0, 0.1) is 0 Å². The van der Waals surface area contributed by atoms with Gasteiger partial charge in [-0.1, -0.05) is 376 Å². The minimum Gasteiger partial charge on any atom is -0.452 e. The summed E-state index contributed by atoms with van der Waals surface area (Å²) < 4.78 is 22.1. The predicted octanol–water partition coefficient (Wildman–Crippen LogP) is 36.0. The quantitative estimate of drug-likeness (QED) is 0.169. The van der Waals surface area contributed by atoms with Crippen molar-refractivity contribution in [1.29, 1.82) is 0 Å². The minimum absolute atomic E-state index is 0.875. The van der Waals surface area contributed by atoms with E-state index in [0.717, 1.165) is 102 Å². The number of ether oxygens (including phenoxy) is 3. The Labute approximate surface area is 771 Å². The lowest BCUT2D eigenvalue weighted by Crippen LogP contribution is -2.16. The Kier molecular flexibility index (Phi) is 18.4. The van der Waals surface area contributed by atoms with Crippen LogP contribution in [0.2, 0.25) is 0 Å². The van der Waals surface area contributed by atoms with Crippen molar-refractivity contribution in [2.24, 2.45) is 0 Å². The SMILES string of the molecule is c1ccc(-n2c3ccccc3c3cc(N4c5ccc6ccccc6c5Sc5ccc6ccccc6c54)ccc32)cc1.c1ccc(N2c3ccc4ccccc4c3Oc3ccc4ccccc4c32)cc1.c1ccc2c(N3c4ccc5ccccc5c4Oc4ccc5ccccc5c43)cccc2c1.c1ccc2cc(N3c4ccc5ccccc5c4Oc4ccc5ccccc5c43)ccc2c1. The number of anilines is 12. The molecule has 0 bridgehead atoms. The van der Waals surface area contributed by atoms with E-state index in [-0.39, 0.29) is 0 Å². The Morgan fingerprint density at radius 2 is 0.489 bits per heavy atom. The molecule has 25 aromatic rings. The topological polar surface area (TPSA) is 45.6 Å². The van der Waals surface area contributed by atoms with E-state index in [4.69, 9.17) is 14.2 Å². The van der Waals surface area contributed by atoms with Crippen molar-refractivity contribution in [1.82, 2.24) is 4.57 Å². The summed E-state index contributed by atoms with van der Waals surface area (Å²) in [6, 6.07) is 170. The Morgan fingerprint density at radius 1 is 0.165 bits per heavy atom. The molecule has 624 valence electrons. The lowest BCUT2D eigenvalue weighted by atomic mass is 10.00. The first kappa shape index (κ1) is 76.8. The highest BCUT2D eigenvalue weighted by atomic mass is 32.2. The van der Waals surface area contributed by atoms with Gasteiger partial charge in [-0.25, -0.2) is 0 Å². The Hall–Kier alpha value is -17.4. The van der Waals surface area contributed by atoms with Crippen LogP contribution in [0.3, 0.4) is 0 Å². The molecule has 4 aliphatic heterocycles. The van der Waals surface area contributed by atoms with E-state index in [1.807, 2.05) is 11.8 Å². The number of rotatable bonds is 5. The van der Waals surface area contributed by atoms with E-state index in [2.05, 4.69) is 503 Å². The molecule has 4 aliphatic rings. The van der Waals surface area contributed by atoms with E-state index < -0.39 is 0 Å². The average molecular weight is 1720 g/mol. The molecule has 0 aliphatic carbocycles. The lowest BCUT2D eigenvalue weighted by Gasteiger charge is -2.35. The Balaban J connectivity index is 0.0000000936. The zero-order valence-electron chi connectivity index (χ0n) is 72.0. The molecule has 0 unspecified atom stereocenters. The first-order valence-electron chi connectivity index (χ1n) is 45.2. The molecule has 24 aromatic carbocycles. The Morgan fingerprint density at radius 3 is 1.01 bits per heavy atom. The molecule has 0 radical (unpaired) electrons. The van der Waals surface area contributed by atoms with Crippen molar-refractivity contribution >= 4 is 210 Å². The maximum Gasteiger partial charge on any atom is 0.159 e. The van der Waals surface area contributed by atoms with Gasteiger partial charge >= 0.3 is 0 Å². The third kappa shape index (κ3) is 12.9. The second-order valence-electron chi connectivity index (χ2n) is 34.1. The van der Waals surface area contributed by atoms with E-state index in [9.17, 15) is 0 Å². The minimum atomic E-state index is 0.875. The molecular formula is C124H79N5O3S. The molecule has 0 atom stereocenters. The number of para-hydroxylation sites is 3. The summed E-state index contributed by atoms with van der Waals surface area (Å²) in [4.78, 5) is 12.1. The standard InChI is InChI=1S/C38H24N2S.2C30H19NO.C26H17NO/c1-2-12-27(13-3-1)39-33-17-9-8-16-31(33)32-24-28(20-22-34(32)39)40-35-21-18-26-11-5-7-15-30(26)38(35)41-36-23-19-25-10-4-6-14-29(25)37(36)40;1-4-12-23-20(8-1)11-7-15-26(23)31-27-18-16-22-10-3-6-14-25(22)30(27)32-28-19-17-21-9-2-5-13-24(21)29(28)31;1-2-10-23-19-24(16-13-20(23)7-1)31-27-17-14-22-9-4-6-12-26(22)30(27)32-28-18-15-21-8-3-5-11-25(21)29(28)31;1-2-10-20(11-3-1)27-23-16-14-19-9-5-7-13-22(19)26(23)28-24-17-15-18-8-4-6-12-21(18)25(24)27/h1-24H;2*1-19H;1-17H. The van der Waals surface area contributed by atoms with Gasteiger partial charge < -0.3 is 38.4 Å². The summed E-state index contributed by atoms with van der Waals surface area (Å²) in [6.45, 7) is 0. The van der Waals surface area contributed by atoms with Crippen LogP contribution in [0.5, 0.6) is 34.5 Å². The van der Waals surface area contributed by atoms with Crippen molar-refractivity contribution in [2.45, 2.75) is 9.79 Å². The zero-order chi connectivity index (χ0) is 87.6. The highest BCUT2D eigenvalue weighted by Gasteiger charge is 2.35. The monoisotopic (exact) mass is 1720 g/mol. The number of benzene rings is 24. The van der Waals surface area contributed by atoms with Crippen LogP contribution in [0.4, 0.5) is 68.2 Å². The van der Waals surface area contributed by atoms with Crippen molar-refractivity contribution in [2.75, 3.05) is 19.6 Å². The number of nitrogens with zero attached hydrogens (tertiary/aromatic N) is 5. The molecule has 8 nitrogen and oxygen atoms in total. The van der Waals surface area contributed by atoms with E-state index >= 15 is 0 Å². The van der Waals surface area contributed by atoms with Gasteiger partial charge in [0.15, 0.2) is 34.5 Å². The maximum absolute atomic E-state index is 6.62. The van der Waals surface area contributed by atoms with Crippen molar-refractivity contribution in [3.63, 3.8) is 0 Å². The van der Waals surface area contributed by atoms with Crippen LogP contribution in [-0.2, 0) is 0 Å². The molecule has 0 amide bonds. The average Bonchev–Trinajstić information content (AvgIpc) is 1.68. The summed E-state index contributed by atoms with van der Waals surface area (Å²) in [7, 11) is 0. The van der Waals surface area contributed by atoms with Gasteiger partial charge in [-0.15, -0.1) is 0 Å². The smallest absolute Gasteiger partial charge is 0.159 e. The number of hydrogen-bond donors (Lipinski definition) is 0. The van der Waals surface area contributed by atoms with Crippen LogP contribution in [-0.4, -0.2) is 4.57 Å². The number of fused-ring (bicyclic) bond motifs is 29. The maximum atomic E-state index is 6.62. The Bertz CT molecular complexity index is 9040. The molecule has 1 aromatic heterocycles. The molecule has 5 heterocycles. The van der Waals surface area contributed by atoms with E-state index in [1.54, 1.807) is 0 Å². The van der Waals surface area contributed by atoms with Gasteiger partial charge in [0, 0.05) is 86.4 Å². The summed E-state index contributed by atoms with van der Waals surface area (Å²) >= 11 is 1.89. The van der Waals surface area contributed by atoms with Crippen LogP contribution >= 0.6 is 11.8 Å². The fourth-order valence-corrected chi connectivity index (χ4v) is 21.7. The third-order valence-electron chi connectivity index (χ3n) is 26.5.